The summed E-state index contributed by atoms with van der Waals surface area (Å²) in [6, 6.07) is 10.4. The number of benzene rings is 1. The van der Waals surface area contributed by atoms with Gasteiger partial charge in [-0.1, -0.05) is 24.3 Å². The molecule has 2 N–H and O–H groups in total. The predicted molar refractivity (Wildman–Crippen MR) is 85.8 cm³/mol. The van der Waals surface area contributed by atoms with Crippen LogP contribution in [0.4, 0.5) is 0 Å². The molecule has 1 aliphatic carbocycles. The van der Waals surface area contributed by atoms with Gasteiger partial charge < -0.3 is 10.4 Å². The van der Waals surface area contributed by atoms with Crippen LogP contribution in [0, 0.1) is 0 Å². The van der Waals surface area contributed by atoms with Crippen molar-refractivity contribution in [3.05, 3.63) is 46.3 Å². The molecule has 1 heterocycles. The van der Waals surface area contributed by atoms with Crippen molar-refractivity contribution in [2.75, 3.05) is 6.61 Å². The van der Waals surface area contributed by atoms with E-state index in [2.05, 4.69) is 23.5 Å². The van der Waals surface area contributed by atoms with E-state index in [1.54, 1.807) is 11.3 Å². The number of rotatable bonds is 3. The van der Waals surface area contributed by atoms with Gasteiger partial charge in [-0.15, -0.1) is 11.3 Å². The fraction of sp³-hybridized carbons (Fsp3) is 0.353. The highest BCUT2D eigenvalue weighted by atomic mass is 32.1. The van der Waals surface area contributed by atoms with Gasteiger partial charge in [0, 0.05) is 4.88 Å². The van der Waals surface area contributed by atoms with Crippen LogP contribution in [0.2, 0.25) is 0 Å². The highest BCUT2D eigenvalue weighted by molar-refractivity contribution is 7.17. The fourth-order valence-corrected chi connectivity index (χ4v) is 3.76. The molecule has 0 unspecified atom stereocenters. The molecule has 0 saturated carbocycles. The smallest absolute Gasteiger partial charge is 0.261 e. The van der Waals surface area contributed by atoms with Gasteiger partial charge >= 0.3 is 0 Å². The molecular weight excluding hydrogens is 282 g/mol. The monoisotopic (exact) mass is 301 g/mol. The van der Waals surface area contributed by atoms with Crippen LogP contribution in [0.15, 0.2) is 30.3 Å². The Bertz CT molecular complexity index is 688. The molecule has 0 saturated heterocycles. The average Bonchev–Trinajstić information content (AvgIpc) is 2.91. The number of fused-ring (bicyclic) bond motifs is 3. The van der Waals surface area contributed by atoms with E-state index in [0.717, 1.165) is 17.7 Å². The van der Waals surface area contributed by atoms with Crippen LogP contribution in [0.1, 0.15) is 34.6 Å². The molecule has 1 aliphatic rings. The predicted octanol–water partition coefficient (Wildman–Crippen LogP) is 3.01. The molecule has 2 aromatic rings. The maximum Gasteiger partial charge on any atom is 0.261 e. The molecular formula is C17H19NO2S. The first-order valence-corrected chi connectivity index (χ1v) is 7.96. The lowest BCUT2D eigenvalue weighted by Crippen LogP contribution is -2.46. The van der Waals surface area contributed by atoms with E-state index in [9.17, 15) is 9.90 Å². The summed E-state index contributed by atoms with van der Waals surface area (Å²) in [6.45, 7) is 3.55. The summed E-state index contributed by atoms with van der Waals surface area (Å²) in [5.41, 5.74) is 3.27. The van der Waals surface area contributed by atoms with Gasteiger partial charge in [-0.3, -0.25) is 4.79 Å². The Morgan fingerprint density at radius 2 is 2.00 bits per heavy atom. The maximum absolute atomic E-state index is 12.3. The van der Waals surface area contributed by atoms with Crippen molar-refractivity contribution < 1.29 is 9.90 Å². The van der Waals surface area contributed by atoms with E-state index in [4.69, 9.17) is 0 Å². The number of amides is 1. The third-order valence-electron chi connectivity index (χ3n) is 3.81. The average molecular weight is 301 g/mol. The van der Waals surface area contributed by atoms with E-state index in [0.29, 0.717) is 0 Å². The second-order valence-electron chi connectivity index (χ2n) is 6.12. The normalized spacial score (nSPS) is 13.5. The number of aliphatic hydroxyl groups is 1. The lowest BCUT2D eigenvalue weighted by molar-refractivity contribution is 0.0873. The minimum atomic E-state index is -0.598. The van der Waals surface area contributed by atoms with Crippen LogP contribution in [0.5, 0.6) is 0 Å². The molecule has 1 amide bonds. The van der Waals surface area contributed by atoms with Gasteiger partial charge in [0.1, 0.15) is 0 Å². The number of hydrogen-bond donors (Lipinski definition) is 2. The third kappa shape index (κ3) is 2.74. The molecule has 3 nitrogen and oxygen atoms in total. The summed E-state index contributed by atoms with van der Waals surface area (Å²) >= 11 is 1.54. The maximum atomic E-state index is 12.3. The van der Waals surface area contributed by atoms with Crippen molar-refractivity contribution in [1.29, 1.82) is 0 Å². The lowest BCUT2D eigenvalue weighted by Gasteiger charge is -2.22. The molecule has 1 aromatic heterocycles. The van der Waals surface area contributed by atoms with Crippen molar-refractivity contribution >= 4 is 17.2 Å². The van der Waals surface area contributed by atoms with Crippen LogP contribution in [-0.4, -0.2) is 23.2 Å². The van der Waals surface area contributed by atoms with E-state index in [1.165, 1.54) is 21.6 Å². The SMILES string of the molecule is CC(C)(CO)NC(=O)c1cc2c(s1)-c1ccccc1CC2. The highest BCUT2D eigenvalue weighted by Gasteiger charge is 2.24. The molecule has 1 aromatic carbocycles. The lowest BCUT2D eigenvalue weighted by atomic mass is 9.91. The standard InChI is InChI=1S/C17H19NO2S/c1-17(2,10-19)18-16(20)14-9-12-8-7-11-5-3-4-6-13(11)15(12)21-14/h3-6,9,19H,7-8,10H2,1-2H3,(H,18,20). The number of aliphatic hydroxyl groups excluding tert-OH is 1. The van der Waals surface area contributed by atoms with Crippen LogP contribution in [0.25, 0.3) is 10.4 Å². The fourth-order valence-electron chi connectivity index (χ4n) is 2.59. The van der Waals surface area contributed by atoms with Crippen molar-refractivity contribution in [3.63, 3.8) is 0 Å². The largest absolute Gasteiger partial charge is 0.394 e. The number of nitrogens with one attached hydrogen (secondary N) is 1. The molecule has 0 aliphatic heterocycles. The minimum Gasteiger partial charge on any atom is -0.394 e. The van der Waals surface area contributed by atoms with Gasteiger partial charge in [-0.05, 0) is 49.4 Å². The van der Waals surface area contributed by atoms with Gasteiger partial charge in [-0.2, -0.15) is 0 Å². The zero-order valence-corrected chi connectivity index (χ0v) is 13.1. The molecule has 0 bridgehead atoms. The van der Waals surface area contributed by atoms with Gasteiger partial charge in [0.15, 0.2) is 0 Å². The van der Waals surface area contributed by atoms with Crippen molar-refractivity contribution in [1.82, 2.24) is 5.32 Å². The van der Waals surface area contributed by atoms with Crippen LogP contribution in [-0.2, 0) is 12.8 Å². The van der Waals surface area contributed by atoms with E-state index >= 15 is 0 Å². The first-order chi connectivity index (χ1) is 10.00. The zero-order chi connectivity index (χ0) is 15.0. The zero-order valence-electron chi connectivity index (χ0n) is 12.3. The molecule has 0 atom stereocenters. The Labute approximate surface area is 128 Å². The van der Waals surface area contributed by atoms with Crippen molar-refractivity contribution in [3.8, 4) is 10.4 Å². The number of hydrogen-bond acceptors (Lipinski definition) is 3. The van der Waals surface area contributed by atoms with Crippen LogP contribution < -0.4 is 5.32 Å². The Hall–Kier alpha value is -1.65. The van der Waals surface area contributed by atoms with Gasteiger partial charge in [0.2, 0.25) is 0 Å². The number of thiophene rings is 1. The molecule has 4 heteroatoms. The molecule has 21 heavy (non-hydrogen) atoms. The van der Waals surface area contributed by atoms with E-state index in [1.807, 2.05) is 26.0 Å². The van der Waals surface area contributed by atoms with Crippen molar-refractivity contribution in [2.45, 2.75) is 32.2 Å². The summed E-state index contributed by atoms with van der Waals surface area (Å²) in [6.07, 6.45) is 2.02. The van der Waals surface area contributed by atoms with Crippen molar-refractivity contribution in [2.24, 2.45) is 0 Å². The summed E-state index contributed by atoms with van der Waals surface area (Å²) in [5, 5.41) is 12.1. The summed E-state index contributed by atoms with van der Waals surface area (Å²) in [7, 11) is 0. The minimum absolute atomic E-state index is 0.0767. The van der Waals surface area contributed by atoms with E-state index < -0.39 is 5.54 Å². The molecule has 110 valence electrons. The Kier molecular flexibility index (Phi) is 3.59. The molecule has 0 fully saturated rings. The number of carbonyl (C=O) groups is 1. The molecule has 3 rings (SSSR count). The Balaban J connectivity index is 1.92. The van der Waals surface area contributed by atoms with Crippen LogP contribution in [0.3, 0.4) is 0 Å². The highest BCUT2D eigenvalue weighted by Crippen LogP contribution is 2.39. The number of carbonyl (C=O) groups excluding carboxylic acids is 1. The molecule has 0 spiro atoms. The second-order valence-corrected chi connectivity index (χ2v) is 7.17. The first-order valence-electron chi connectivity index (χ1n) is 7.14. The van der Waals surface area contributed by atoms with Gasteiger partial charge in [-0.25, -0.2) is 0 Å². The van der Waals surface area contributed by atoms with Gasteiger partial charge in [0.05, 0.1) is 17.0 Å². The molecule has 0 radical (unpaired) electrons. The number of aryl methyl sites for hydroxylation is 2. The topological polar surface area (TPSA) is 49.3 Å². The van der Waals surface area contributed by atoms with Gasteiger partial charge in [0.25, 0.3) is 5.91 Å². The Morgan fingerprint density at radius 3 is 2.76 bits per heavy atom. The summed E-state index contributed by atoms with van der Waals surface area (Å²) in [5.74, 6) is -0.106. The Morgan fingerprint density at radius 1 is 1.29 bits per heavy atom. The first kappa shape index (κ1) is 14.3. The van der Waals surface area contributed by atoms with E-state index in [-0.39, 0.29) is 12.5 Å². The summed E-state index contributed by atoms with van der Waals surface area (Å²) in [4.78, 5) is 14.3. The summed E-state index contributed by atoms with van der Waals surface area (Å²) < 4.78 is 0. The quantitative estimate of drug-likeness (QED) is 0.915. The second kappa shape index (κ2) is 5.28. The van der Waals surface area contributed by atoms with Crippen LogP contribution >= 0.6 is 11.3 Å². The third-order valence-corrected chi connectivity index (χ3v) is 5.02.